The van der Waals surface area contributed by atoms with Gasteiger partial charge in [-0.25, -0.2) is 0 Å². The topological polar surface area (TPSA) is 66.5 Å². The van der Waals surface area contributed by atoms with Crippen molar-refractivity contribution in [2.75, 3.05) is 6.54 Å². The number of amides is 3. The summed E-state index contributed by atoms with van der Waals surface area (Å²) >= 11 is 0. The number of likely N-dealkylation sites (tertiary alicyclic amines) is 1. The van der Waals surface area contributed by atoms with Crippen molar-refractivity contribution in [3.63, 3.8) is 0 Å². The average Bonchev–Trinajstić information content (AvgIpc) is 2.77. The highest BCUT2D eigenvalue weighted by Crippen LogP contribution is 2.61. The normalized spacial score (nSPS) is 39.9. The maximum absolute atomic E-state index is 12.3. The van der Waals surface area contributed by atoms with E-state index in [4.69, 9.17) is 0 Å². The van der Waals surface area contributed by atoms with Gasteiger partial charge in [0.05, 0.1) is 0 Å². The van der Waals surface area contributed by atoms with Gasteiger partial charge in [-0.1, -0.05) is 0 Å². The lowest BCUT2D eigenvalue weighted by molar-refractivity contribution is -0.143. The fourth-order valence-corrected chi connectivity index (χ4v) is 6.09. The van der Waals surface area contributed by atoms with Gasteiger partial charge in [0.2, 0.25) is 17.7 Å². The first kappa shape index (κ1) is 15.2. The Hall–Kier alpha value is -1.39. The largest absolute Gasteiger partial charge is 0.352 e. The summed E-state index contributed by atoms with van der Waals surface area (Å²) in [5.74, 6) is 1.93. The van der Waals surface area contributed by atoms with Gasteiger partial charge in [-0.15, -0.1) is 0 Å². The van der Waals surface area contributed by atoms with E-state index in [9.17, 15) is 14.4 Å². The van der Waals surface area contributed by atoms with Crippen molar-refractivity contribution in [3.8, 4) is 0 Å². The van der Waals surface area contributed by atoms with Gasteiger partial charge in [0.15, 0.2) is 0 Å². The molecule has 4 saturated carbocycles. The summed E-state index contributed by atoms with van der Waals surface area (Å²) in [7, 11) is 0. The second-order valence-corrected chi connectivity index (χ2v) is 8.44. The van der Waals surface area contributed by atoms with E-state index in [1.807, 2.05) is 0 Å². The Bertz CT molecular complexity index is 505. The molecule has 1 heterocycles. The summed E-state index contributed by atoms with van der Waals surface area (Å²) in [6, 6.07) is 0.135. The smallest absolute Gasteiger partial charge is 0.240 e. The molecule has 0 aromatic heterocycles. The molecule has 0 spiro atoms. The van der Waals surface area contributed by atoms with Crippen LogP contribution in [0.5, 0.6) is 0 Å². The van der Waals surface area contributed by atoms with E-state index in [1.54, 1.807) is 0 Å². The molecule has 5 rings (SSSR count). The summed E-state index contributed by atoms with van der Waals surface area (Å²) in [4.78, 5) is 36.8. The van der Waals surface area contributed by atoms with Crippen LogP contribution in [0.4, 0.5) is 0 Å². The number of hydrogen-bond acceptors (Lipinski definition) is 3. The molecule has 1 atom stereocenters. The van der Waals surface area contributed by atoms with Gasteiger partial charge < -0.3 is 5.32 Å². The van der Waals surface area contributed by atoms with Crippen LogP contribution in [0.3, 0.4) is 0 Å². The van der Waals surface area contributed by atoms with Crippen molar-refractivity contribution in [3.05, 3.63) is 0 Å². The first-order chi connectivity index (χ1) is 10.9. The fourth-order valence-electron chi connectivity index (χ4n) is 6.09. The van der Waals surface area contributed by atoms with E-state index in [1.165, 1.54) is 38.5 Å². The molecule has 5 nitrogen and oxygen atoms in total. The lowest BCUT2D eigenvalue weighted by Crippen LogP contribution is -2.56. The number of carbonyl (C=O) groups is 3. The minimum atomic E-state index is -0.215. The van der Waals surface area contributed by atoms with E-state index in [0.717, 1.165) is 22.7 Å². The lowest BCUT2D eigenvalue weighted by Gasteiger charge is -2.59. The second kappa shape index (κ2) is 5.32. The average molecular weight is 318 g/mol. The maximum Gasteiger partial charge on any atom is 0.240 e. The summed E-state index contributed by atoms with van der Waals surface area (Å²) < 4.78 is 0. The minimum Gasteiger partial charge on any atom is -0.352 e. The van der Waals surface area contributed by atoms with Gasteiger partial charge in [0, 0.05) is 18.9 Å². The first-order valence-corrected chi connectivity index (χ1v) is 9.08. The summed E-state index contributed by atoms with van der Waals surface area (Å²) in [6.07, 6.45) is 8.36. The first-order valence-electron chi connectivity index (χ1n) is 9.08. The van der Waals surface area contributed by atoms with E-state index in [2.05, 4.69) is 12.2 Å². The Morgan fingerprint density at radius 3 is 2.04 bits per heavy atom. The van der Waals surface area contributed by atoms with Crippen molar-refractivity contribution < 1.29 is 14.4 Å². The number of rotatable bonds is 4. The molecule has 5 heteroatoms. The molecule has 23 heavy (non-hydrogen) atoms. The van der Waals surface area contributed by atoms with Crippen LogP contribution in [0.2, 0.25) is 0 Å². The van der Waals surface area contributed by atoms with Crippen LogP contribution in [-0.4, -0.2) is 35.2 Å². The molecular formula is C18H26N2O3. The molecule has 5 aliphatic rings. The van der Waals surface area contributed by atoms with Crippen molar-refractivity contribution in [1.82, 2.24) is 10.2 Å². The lowest BCUT2D eigenvalue weighted by atomic mass is 9.48. The molecule has 4 aliphatic carbocycles. The highest BCUT2D eigenvalue weighted by atomic mass is 16.2. The number of nitrogens with one attached hydrogen (secondary N) is 1. The molecular weight excluding hydrogens is 292 g/mol. The zero-order valence-corrected chi connectivity index (χ0v) is 13.8. The highest BCUT2D eigenvalue weighted by molar-refractivity contribution is 6.04. The Kier molecular flexibility index (Phi) is 3.50. The van der Waals surface area contributed by atoms with Crippen LogP contribution in [0.15, 0.2) is 0 Å². The monoisotopic (exact) mass is 318 g/mol. The molecule has 126 valence electrons. The zero-order chi connectivity index (χ0) is 16.2. The third kappa shape index (κ3) is 2.58. The van der Waals surface area contributed by atoms with Gasteiger partial charge in [-0.3, -0.25) is 19.3 Å². The Morgan fingerprint density at radius 1 is 1.09 bits per heavy atom. The third-order valence-corrected chi connectivity index (χ3v) is 6.84. The van der Waals surface area contributed by atoms with Gasteiger partial charge >= 0.3 is 0 Å². The SMILES string of the molecule is CC(NC(=O)CN1C(=O)CCC1=O)C12CC3CC(CC(C3)C1)C2. The van der Waals surface area contributed by atoms with Crippen LogP contribution in [0.1, 0.15) is 58.3 Å². The molecule has 3 amide bonds. The van der Waals surface area contributed by atoms with Crippen LogP contribution in [0, 0.1) is 23.2 Å². The molecule has 1 N–H and O–H groups in total. The van der Waals surface area contributed by atoms with Crippen LogP contribution in [0.25, 0.3) is 0 Å². The van der Waals surface area contributed by atoms with Crippen LogP contribution >= 0.6 is 0 Å². The van der Waals surface area contributed by atoms with Crippen molar-refractivity contribution >= 4 is 17.7 Å². The number of imide groups is 1. The molecule has 0 aromatic carbocycles. The molecule has 1 unspecified atom stereocenters. The van der Waals surface area contributed by atoms with Gasteiger partial charge in [0.25, 0.3) is 0 Å². The molecule has 4 bridgehead atoms. The molecule has 0 radical (unpaired) electrons. The highest BCUT2D eigenvalue weighted by Gasteiger charge is 2.53. The third-order valence-electron chi connectivity index (χ3n) is 6.84. The van der Waals surface area contributed by atoms with E-state index in [-0.39, 0.29) is 48.6 Å². The summed E-state index contributed by atoms with van der Waals surface area (Å²) in [6.45, 7) is 2.02. The Morgan fingerprint density at radius 2 is 1.57 bits per heavy atom. The van der Waals surface area contributed by atoms with Crippen molar-refractivity contribution in [2.45, 2.75) is 64.3 Å². The van der Waals surface area contributed by atoms with Gasteiger partial charge in [-0.05, 0) is 68.6 Å². The maximum atomic E-state index is 12.3. The van der Waals surface area contributed by atoms with Crippen molar-refractivity contribution in [2.24, 2.45) is 23.2 Å². The quantitative estimate of drug-likeness (QED) is 0.805. The predicted octanol–water partition coefficient (Wildman–Crippen LogP) is 1.86. The van der Waals surface area contributed by atoms with Crippen LogP contribution in [-0.2, 0) is 14.4 Å². The molecule has 1 aliphatic heterocycles. The van der Waals surface area contributed by atoms with Gasteiger partial charge in [-0.2, -0.15) is 0 Å². The Labute approximate surface area is 137 Å². The van der Waals surface area contributed by atoms with Crippen LogP contribution < -0.4 is 5.32 Å². The van der Waals surface area contributed by atoms with Gasteiger partial charge in [0.1, 0.15) is 6.54 Å². The van der Waals surface area contributed by atoms with E-state index >= 15 is 0 Å². The number of carbonyl (C=O) groups excluding carboxylic acids is 3. The Balaban J connectivity index is 1.40. The molecule has 0 aromatic rings. The second-order valence-electron chi connectivity index (χ2n) is 8.44. The predicted molar refractivity (Wildman–Crippen MR) is 84.2 cm³/mol. The number of hydrogen-bond donors (Lipinski definition) is 1. The molecule has 1 saturated heterocycles. The number of nitrogens with zero attached hydrogens (tertiary/aromatic N) is 1. The fraction of sp³-hybridized carbons (Fsp3) is 0.833. The summed E-state index contributed by atoms with van der Waals surface area (Å²) in [5.41, 5.74) is 0.253. The zero-order valence-electron chi connectivity index (χ0n) is 13.8. The minimum absolute atomic E-state index is 0.103. The summed E-state index contributed by atoms with van der Waals surface area (Å²) in [5, 5.41) is 3.12. The van der Waals surface area contributed by atoms with Crippen molar-refractivity contribution in [1.29, 1.82) is 0 Å². The standard InChI is InChI=1S/C18H26N2O3/c1-11(19-15(21)10-20-16(22)2-3-17(20)23)18-7-12-4-13(8-18)6-14(5-12)9-18/h11-14H,2-10H2,1H3,(H,19,21). The van der Waals surface area contributed by atoms with E-state index < -0.39 is 0 Å². The van der Waals surface area contributed by atoms with E-state index in [0.29, 0.717) is 0 Å². The molecule has 5 fully saturated rings.